The number of carbonyl (C=O) groups excluding carboxylic acids is 2. The summed E-state index contributed by atoms with van der Waals surface area (Å²) in [7, 11) is 0. The van der Waals surface area contributed by atoms with E-state index in [2.05, 4.69) is 26.6 Å². The van der Waals surface area contributed by atoms with E-state index in [-0.39, 0.29) is 11.8 Å². The summed E-state index contributed by atoms with van der Waals surface area (Å²) < 4.78 is 6.63. The van der Waals surface area contributed by atoms with Crippen molar-refractivity contribution in [2.75, 3.05) is 10.6 Å². The van der Waals surface area contributed by atoms with E-state index in [1.807, 2.05) is 43.3 Å². The number of para-hydroxylation sites is 1. The third-order valence-corrected chi connectivity index (χ3v) is 4.83. The Hall–Kier alpha value is -3.12. The van der Waals surface area contributed by atoms with Gasteiger partial charge in [-0.2, -0.15) is 0 Å². The van der Waals surface area contributed by atoms with E-state index in [0.29, 0.717) is 17.0 Å². The number of rotatable bonds is 6. The number of benzene rings is 3. The molecular formula is C23H21BrN2O3. The van der Waals surface area contributed by atoms with Crippen molar-refractivity contribution < 1.29 is 14.3 Å². The second-order valence-corrected chi connectivity index (χ2v) is 7.47. The van der Waals surface area contributed by atoms with Crippen molar-refractivity contribution in [2.45, 2.75) is 20.0 Å². The Morgan fingerprint density at radius 2 is 1.55 bits per heavy atom. The van der Waals surface area contributed by atoms with Crippen LogP contribution in [0, 0.1) is 6.92 Å². The molecule has 3 aromatic rings. The van der Waals surface area contributed by atoms with Crippen molar-refractivity contribution in [1.29, 1.82) is 0 Å². The lowest BCUT2D eigenvalue weighted by molar-refractivity contribution is -0.122. The van der Waals surface area contributed by atoms with Crippen LogP contribution in [0.4, 0.5) is 11.4 Å². The average molecular weight is 453 g/mol. The zero-order valence-corrected chi connectivity index (χ0v) is 17.7. The van der Waals surface area contributed by atoms with E-state index < -0.39 is 6.10 Å². The predicted octanol–water partition coefficient (Wildman–Crippen LogP) is 5.42. The molecule has 0 aliphatic carbocycles. The van der Waals surface area contributed by atoms with E-state index >= 15 is 0 Å². The van der Waals surface area contributed by atoms with Crippen LogP contribution in [-0.4, -0.2) is 17.9 Å². The van der Waals surface area contributed by atoms with Crippen LogP contribution in [0.5, 0.6) is 5.75 Å². The maximum absolute atomic E-state index is 12.4. The van der Waals surface area contributed by atoms with Crippen molar-refractivity contribution in [3.05, 3.63) is 88.4 Å². The van der Waals surface area contributed by atoms with Crippen molar-refractivity contribution in [2.24, 2.45) is 0 Å². The lowest BCUT2D eigenvalue weighted by Crippen LogP contribution is -2.30. The highest BCUT2D eigenvalue weighted by Crippen LogP contribution is 2.19. The first-order valence-corrected chi connectivity index (χ1v) is 9.92. The number of halogens is 1. The number of nitrogens with one attached hydrogen (secondary N) is 2. The first-order chi connectivity index (χ1) is 13.9. The molecule has 0 radical (unpaired) electrons. The third kappa shape index (κ3) is 5.68. The van der Waals surface area contributed by atoms with E-state index in [1.54, 1.807) is 43.3 Å². The number of aryl methyl sites for hydroxylation is 1. The predicted molar refractivity (Wildman–Crippen MR) is 118 cm³/mol. The molecule has 0 aliphatic rings. The number of ether oxygens (including phenoxy) is 1. The Kier molecular flexibility index (Phi) is 6.67. The van der Waals surface area contributed by atoms with Gasteiger partial charge in [0.05, 0.1) is 0 Å². The van der Waals surface area contributed by atoms with E-state index in [1.165, 1.54) is 0 Å². The van der Waals surface area contributed by atoms with E-state index in [9.17, 15) is 9.59 Å². The Balaban J connectivity index is 1.58. The summed E-state index contributed by atoms with van der Waals surface area (Å²) in [5.41, 5.74) is 2.96. The van der Waals surface area contributed by atoms with Crippen LogP contribution >= 0.6 is 15.9 Å². The minimum absolute atomic E-state index is 0.202. The Bertz CT molecular complexity index is 1000. The molecule has 29 heavy (non-hydrogen) atoms. The molecule has 0 aliphatic heterocycles. The Labute approximate surface area is 178 Å². The normalized spacial score (nSPS) is 11.4. The number of hydrogen-bond donors (Lipinski definition) is 2. The molecule has 0 saturated carbocycles. The molecule has 3 rings (SSSR count). The molecule has 2 amide bonds. The summed E-state index contributed by atoms with van der Waals surface area (Å²) in [5, 5.41) is 5.69. The fourth-order valence-electron chi connectivity index (χ4n) is 2.63. The Morgan fingerprint density at radius 1 is 0.897 bits per heavy atom. The number of hydrogen-bond acceptors (Lipinski definition) is 3. The lowest BCUT2D eigenvalue weighted by atomic mass is 10.1. The van der Waals surface area contributed by atoms with Crippen molar-refractivity contribution in [1.82, 2.24) is 0 Å². The van der Waals surface area contributed by atoms with Gasteiger partial charge in [-0.1, -0.05) is 34.1 Å². The highest BCUT2D eigenvalue weighted by molar-refractivity contribution is 9.10. The average Bonchev–Trinajstić information content (AvgIpc) is 2.72. The maximum Gasteiger partial charge on any atom is 0.265 e. The van der Waals surface area contributed by atoms with Gasteiger partial charge in [-0.3, -0.25) is 9.59 Å². The first kappa shape index (κ1) is 20.6. The molecule has 0 heterocycles. The summed E-state index contributed by atoms with van der Waals surface area (Å²) in [6.07, 6.45) is -0.690. The highest BCUT2D eigenvalue weighted by Gasteiger charge is 2.15. The Morgan fingerprint density at radius 3 is 2.21 bits per heavy atom. The molecule has 148 valence electrons. The van der Waals surface area contributed by atoms with Crippen molar-refractivity contribution in [3.8, 4) is 5.75 Å². The summed E-state index contributed by atoms with van der Waals surface area (Å²) >= 11 is 3.36. The van der Waals surface area contributed by atoms with Gasteiger partial charge >= 0.3 is 0 Å². The molecule has 1 atom stereocenters. The molecule has 0 saturated heterocycles. The van der Waals surface area contributed by atoms with Crippen LogP contribution in [0.3, 0.4) is 0 Å². The van der Waals surface area contributed by atoms with Gasteiger partial charge in [0.15, 0.2) is 6.10 Å². The highest BCUT2D eigenvalue weighted by atomic mass is 79.9. The van der Waals surface area contributed by atoms with Gasteiger partial charge in [0.25, 0.3) is 11.8 Å². The number of carbonyl (C=O) groups is 2. The largest absolute Gasteiger partial charge is 0.481 e. The monoisotopic (exact) mass is 452 g/mol. The maximum atomic E-state index is 12.4. The topological polar surface area (TPSA) is 67.4 Å². The zero-order chi connectivity index (χ0) is 20.8. The minimum Gasteiger partial charge on any atom is -0.481 e. The van der Waals surface area contributed by atoms with E-state index in [4.69, 9.17) is 4.74 Å². The van der Waals surface area contributed by atoms with E-state index in [0.717, 1.165) is 15.7 Å². The molecular weight excluding hydrogens is 432 g/mol. The molecule has 6 heteroatoms. The summed E-state index contributed by atoms with van der Waals surface area (Å²) in [6, 6.07) is 21.6. The van der Waals surface area contributed by atoms with Crippen molar-refractivity contribution >= 4 is 39.1 Å². The van der Waals surface area contributed by atoms with Gasteiger partial charge < -0.3 is 15.4 Å². The van der Waals surface area contributed by atoms with Crippen LogP contribution < -0.4 is 15.4 Å². The standard InChI is InChI=1S/C23H21BrN2O3/c1-15-5-3-4-6-21(15)26-23(28)17-7-13-20(14-8-17)29-16(2)22(27)25-19-11-9-18(24)10-12-19/h3-14,16H,1-2H3,(H,25,27)(H,26,28)/t16-/m0/s1. The molecule has 2 N–H and O–H groups in total. The molecule has 3 aromatic carbocycles. The fraction of sp³-hybridized carbons (Fsp3) is 0.130. The molecule has 0 fully saturated rings. The van der Waals surface area contributed by atoms with Gasteiger partial charge in [-0.15, -0.1) is 0 Å². The van der Waals surface area contributed by atoms with Gasteiger partial charge in [0.2, 0.25) is 0 Å². The quantitative estimate of drug-likeness (QED) is 0.524. The first-order valence-electron chi connectivity index (χ1n) is 9.12. The number of anilines is 2. The molecule has 0 aromatic heterocycles. The summed E-state index contributed by atoms with van der Waals surface area (Å²) in [6.45, 7) is 3.61. The van der Waals surface area contributed by atoms with Crippen molar-refractivity contribution in [3.63, 3.8) is 0 Å². The van der Waals surface area contributed by atoms with Crippen LogP contribution in [0.15, 0.2) is 77.3 Å². The third-order valence-electron chi connectivity index (χ3n) is 4.30. The molecule has 0 spiro atoms. The van der Waals surface area contributed by atoms with Gasteiger partial charge in [-0.05, 0) is 74.0 Å². The second-order valence-electron chi connectivity index (χ2n) is 6.55. The molecule has 0 bridgehead atoms. The molecule has 0 unspecified atom stereocenters. The van der Waals surface area contributed by atoms with Crippen LogP contribution in [0.1, 0.15) is 22.8 Å². The zero-order valence-electron chi connectivity index (χ0n) is 16.1. The fourth-order valence-corrected chi connectivity index (χ4v) is 2.89. The van der Waals surface area contributed by atoms with Crippen LogP contribution in [-0.2, 0) is 4.79 Å². The van der Waals surface area contributed by atoms with Crippen LogP contribution in [0.2, 0.25) is 0 Å². The smallest absolute Gasteiger partial charge is 0.265 e. The van der Waals surface area contributed by atoms with Gasteiger partial charge in [0, 0.05) is 21.4 Å². The molecule has 5 nitrogen and oxygen atoms in total. The lowest BCUT2D eigenvalue weighted by Gasteiger charge is -2.15. The number of amides is 2. The van der Waals surface area contributed by atoms with Gasteiger partial charge in [0.1, 0.15) is 5.75 Å². The SMILES string of the molecule is Cc1ccccc1NC(=O)c1ccc(O[C@@H](C)C(=O)Nc2ccc(Br)cc2)cc1. The second kappa shape index (κ2) is 9.39. The van der Waals surface area contributed by atoms with Crippen LogP contribution in [0.25, 0.3) is 0 Å². The van der Waals surface area contributed by atoms with Gasteiger partial charge in [-0.25, -0.2) is 0 Å². The summed E-state index contributed by atoms with van der Waals surface area (Å²) in [4.78, 5) is 24.7. The minimum atomic E-state index is -0.690. The summed E-state index contributed by atoms with van der Waals surface area (Å²) in [5.74, 6) is 0.0523.